The number of rotatable bonds is 2. The number of benzene rings is 2. The normalized spacial score (nSPS) is 11.6. The van der Waals surface area contributed by atoms with Gasteiger partial charge < -0.3 is 4.74 Å². The number of ether oxygens (including phenoxy) is 1. The standard InChI is InChI=1S/C14H11F3O/c1-9(14(15,16)17)10-3-4-12-8-13(18-2)6-5-11(12)7-10/h3-8H,1H2,2H3. The Kier molecular flexibility index (Phi) is 3.03. The van der Waals surface area contributed by atoms with Crippen LogP contribution >= 0.6 is 0 Å². The lowest BCUT2D eigenvalue weighted by molar-refractivity contribution is -0.0686. The molecule has 0 aromatic heterocycles. The molecule has 0 atom stereocenters. The first-order valence-electron chi connectivity index (χ1n) is 5.26. The third-order valence-electron chi connectivity index (χ3n) is 2.74. The maximum Gasteiger partial charge on any atom is 0.416 e. The highest BCUT2D eigenvalue weighted by atomic mass is 19.4. The van der Waals surface area contributed by atoms with Crippen molar-refractivity contribution in [1.29, 1.82) is 0 Å². The molecule has 4 heteroatoms. The summed E-state index contributed by atoms with van der Waals surface area (Å²) in [6.07, 6.45) is -4.40. The van der Waals surface area contributed by atoms with Gasteiger partial charge in [0.2, 0.25) is 0 Å². The van der Waals surface area contributed by atoms with Gasteiger partial charge in [0, 0.05) is 0 Å². The van der Waals surface area contributed by atoms with Crippen molar-refractivity contribution in [1.82, 2.24) is 0 Å². The van der Waals surface area contributed by atoms with E-state index in [1.54, 1.807) is 31.4 Å². The molecule has 0 fully saturated rings. The SMILES string of the molecule is C=C(c1ccc2cc(OC)ccc2c1)C(F)(F)F. The van der Waals surface area contributed by atoms with Crippen LogP contribution in [0.25, 0.3) is 16.3 Å². The summed E-state index contributed by atoms with van der Waals surface area (Å²) in [5, 5.41) is 1.55. The summed E-state index contributed by atoms with van der Waals surface area (Å²) in [7, 11) is 1.54. The average molecular weight is 252 g/mol. The molecule has 0 saturated carbocycles. The fourth-order valence-corrected chi connectivity index (χ4v) is 1.70. The Labute approximate surface area is 102 Å². The van der Waals surface area contributed by atoms with E-state index in [-0.39, 0.29) is 5.56 Å². The van der Waals surface area contributed by atoms with E-state index in [0.717, 1.165) is 10.8 Å². The quantitative estimate of drug-likeness (QED) is 0.768. The summed E-state index contributed by atoms with van der Waals surface area (Å²) in [6.45, 7) is 3.09. The minimum absolute atomic E-state index is 0.0835. The van der Waals surface area contributed by atoms with E-state index < -0.39 is 11.7 Å². The molecule has 0 spiro atoms. The Hall–Kier alpha value is -1.97. The number of hydrogen-bond acceptors (Lipinski definition) is 1. The van der Waals surface area contributed by atoms with Gasteiger partial charge in [-0.25, -0.2) is 0 Å². The molecule has 0 unspecified atom stereocenters. The minimum Gasteiger partial charge on any atom is -0.497 e. The fraction of sp³-hybridized carbons (Fsp3) is 0.143. The molecule has 0 aliphatic carbocycles. The molecule has 0 aliphatic heterocycles. The van der Waals surface area contributed by atoms with Gasteiger partial charge in [0.05, 0.1) is 12.7 Å². The zero-order valence-corrected chi connectivity index (χ0v) is 9.71. The van der Waals surface area contributed by atoms with Gasteiger partial charge in [-0.05, 0) is 34.5 Å². The Morgan fingerprint density at radius 1 is 1.06 bits per heavy atom. The van der Waals surface area contributed by atoms with Crippen molar-refractivity contribution in [3.63, 3.8) is 0 Å². The van der Waals surface area contributed by atoms with Crippen molar-refractivity contribution >= 4 is 16.3 Å². The molecule has 94 valence electrons. The molecule has 0 saturated heterocycles. The lowest BCUT2D eigenvalue weighted by Gasteiger charge is -2.11. The number of alkyl halides is 3. The van der Waals surface area contributed by atoms with Gasteiger partial charge >= 0.3 is 6.18 Å². The van der Waals surface area contributed by atoms with Crippen molar-refractivity contribution in [3.8, 4) is 5.75 Å². The van der Waals surface area contributed by atoms with E-state index in [0.29, 0.717) is 5.75 Å². The summed E-state index contributed by atoms with van der Waals surface area (Å²) in [5.41, 5.74) is -0.750. The molecule has 0 aliphatic rings. The first-order valence-corrected chi connectivity index (χ1v) is 5.26. The third-order valence-corrected chi connectivity index (χ3v) is 2.74. The fourth-order valence-electron chi connectivity index (χ4n) is 1.70. The highest BCUT2D eigenvalue weighted by Crippen LogP contribution is 2.33. The summed E-state index contributed by atoms with van der Waals surface area (Å²) in [4.78, 5) is 0. The molecule has 0 bridgehead atoms. The topological polar surface area (TPSA) is 9.23 Å². The van der Waals surface area contributed by atoms with E-state index in [2.05, 4.69) is 6.58 Å². The maximum atomic E-state index is 12.5. The van der Waals surface area contributed by atoms with E-state index in [9.17, 15) is 13.2 Å². The van der Waals surface area contributed by atoms with Crippen molar-refractivity contribution in [2.24, 2.45) is 0 Å². The molecule has 2 aromatic carbocycles. The number of halogens is 3. The average Bonchev–Trinajstić information content (AvgIpc) is 2.35. The van der Waals surface area contributed by atoms with Crippen LogP contribution in [-0.2, 0) is 0 Å². The third kappa shape index (κ3) is 2.32. The Bertz CT molecular complexity index is 600. The van der Waals surface area contributed by atoms with Crippen LogP contribution in [-0.4, -0.2) is 13.3 Å². The van der Waals surface area contributed by atoms with Crippen LogP contribution in [0.3, 0.4) is 0 Å². The summed E-state index contributed by atoms with van der Waals surface area (Å²) in [5.74, 6) is 0.671. The van der Waals surface area contributed by atoms with Crippen molar-refractivity contribution in [2.45, 2.75) is 6.18 Å². The summed E-state index contributed by atoms with van der Waals surface area (Å²) in [6, 6.07) is 9.73. The molecule has 0 N–H and O–H groups in total. The van der Waals surface area contributed by atoms with Gasteiger partial charge in [0.15, 0.2) is 0 Å². The van der Waals surface area contributed by atoms with Gasteiger partial charge in [-0.15, -0.1) is 0 Å². The highest BCUT2D eigenvalue weighted by molar-refractivity contribution is 5.87. The van der Waals surface area contributed by atoms with Crippen molar-refractivity contribution in [2.75, 3.05) is 7.11 Å². The predicted octanol–water partition coefficient (Wildman–Crippen LogP) is 4.42. The second-order valence-corrected chi connectivity index (χ2v) is 3.90. The molecule has 0 heterocycles. The monoisotopic (exact) mass is 252 g/mol. The van der Waals surface area contributed by atoms with Gasteiger partial charge in [0.25, 0.3) is 0 Å². The molecule has 18 heavy (non-hydrogen) atoms. The van der Waals surface area contributed by atoms with Crippen LogP contribution in [0, 0.1) is 0 Å². The van der Waals surface area contributed by atoms with E-state index in [1.165, 1.54) is 12.1 Å². The van der Waals surface area contributed by atoms with Gasteiger partial charge in [-0.1, -0.05) is 24.8 Å². The molecule has 2 rings (SSSR count). The molecule has 0 radical (unpaired) electrons. The minimum atomic E-state index is -4.40. The van der Waals surface area contributed by atoms with Gasteiger partial charge in [0.1, 0.15) is 5.75 Å². The zero-order chi connectivity index (χ0) is 13.3. The van der Waals surface area contributed by atoms with Crippen LogP contribution in [0.5, 0.6) is 5.75 Å². The van der Waals surface area contributed by atoms with Gasteiger partial charge in [-0.3, -0.25) is 0 Å². The zero-order valence-electron chi connectivity index (χ0n) is 9.71. The maximum absolute atomic E-state index is 12.5. The summed E-state index contributed by atoms with van der Waals surface area (Å²) >= 11 is 0. The molecule has 1 nitrogen and oxygen atoms in total. The second-order valence-electron chi connectivity index (χ2n) is 3.90. The number of methoxy groups -OCH3 is 1. The molecule has 0 amide bonds. The number of fused-ring (bicyclic) bond motifs is 1. The smallest absolute Gasteiger partial charge is 0.416 e. The molecule has 2 aromatic rings. The Balaban J connectivity index is 2.49. The lowest BCUT2D eigenvalue weighted by atomic mass is 10.0. The molecular weight excluding hydrogens is 241 g/mol. The van der Waals surface area contributed by atoms with Crippen molar-refractivity contribution in [3.05, 3.63) is 48.5 Å². The van der Waals surface area contributed by atoms with E-state index >= 15 is 0 Å². The largest absolute Gasteiger partial charge is 0.497 e. The van der Waals surface area contributed by atoms with E-state index in [4.69, 9.17) is 4.74 Å². The molecular formula is C14H11F3O. The lowest BCUT2D eigenvalue weighted by Crippen LogP contribution is -2.09. The van der Waals surface area contributed by atoms with Crippen LogP contribution in [0.1, 0.15) is 5.56 Å². The Morgan fingerprint density at radius 3 is 2.28 bits per heavy atom. The van der Waals surface area contributed by atoms with E-state index in [1.807, 2.05) is 0 Å². The van der Waals surface area contributed by atoms with Crippen LogP contribution in [0.15, 0.2) is 43.0 Å². The first-order chi connectivity index (χ1) is 8.41. The Morgan fingerprint density at radius 2 is 1.67 bits per heavy atom. The first kappa shape index (κ1) is 12.5. The van der Waals surface area contributed by atoms with Crippen LogP contribution in [0.2, 0.25) is 0 Å². The predicted molar refractivity (Wildman–Crippen MR) is 65.6 cm³/mol. The van der Waals surface area contributed by atoms with Crippen LogP contribution < -0.4 is 4.74 Å². The highest BCUT2D eigenvalue weighted by Gasteiger charge is 2.32. The number of hydrogen-bond donors (Lipinski definition) is 0. The van der Waals surface area contributed by atoms with Crippen LogP contribution in [0.4, 0.5) is 13.2 Å². The number of allylic oxidation sites excluding steroid dienone is 1. The van der Waals surface area contributed by atoms with Gasteiger partial charge in [-0.2, -0.15) is 13.2 Å². The second kappa shape index (κ2) is 4.37. The summed E-state index contributed by atoms with van der Waals surface area (Å²) < 4.78 is 42.7. The van der Waals surface area contributed by atoms with Crippen molar-refractivity contribution < 1.29 is 17.9 Å².